The second kappa shape index (κ2) is 9.79. The fourth-order valence-electron chi connectivity index (χ4n) is 3.31. The van der Waals surface area contributed by atoms with Crippen molar-refractivity contribution in [1.29, 1.82) is 5.41 Å². The molecule has 15 heteroatoms. The Morgan fingerprint density at radius 1 is 1.31 bits per heavy atom. The van der Waals surface area contributed by atoms with E-state index >= 15 is 0 Å². The summed E-state index contributed by atoms with van der Waals surface area (Å²) in [5.41, 5.74) is 6.65. The van der Waals surface area contributed by atoms with E-state index in [2.05, 4.69) is 15.1 Å². The number of nitrogens with one attached hydrogen (secondary N) is 2. The SMILES string of the molecule is CS(=O)(=O)N1CC(ON=C2CN(c3ncc(-c4cccc(COC(=O)NC(=N)N)c4F)cn3)C2)C1. The summed E-state index contributed by atoms with van der Waals surface area (Å²) in [7, 11) is -3.19. The van der Waals surface area contributed by atoms with E-state index < -0.39 is 27.9 Å². The third kappa shape index (κ3) is 5.81. The van der Waals surface area contributed by atoms with E-state index in [9.17, 15) is 17.6 Å². The van der Waals surface area contributed by atoms with Crippen LogP contribution in [0.15, 0.2) is 35.7 Å². The average molecular weight is 507 g/mol. The van der Waals surface area contributed by atoms with Gasteiger partial charge in [-0.05, 0) is 0 Å². The molecule has 0 atom stereocenters. The third-order valence-corrected chi connectivity index (χ3v) is 6.50. The Bertz CT molecular complexity index is 1260. The second-order valence-electron chi connectivity index (χ2n) is 7.99. The topological polar surface area (TPSA) is 176 Å². The minimum atomic E-state index is -3.19. The maximum absolute atomic E-state index is 14.9. The number of nitrogens with two attached hydrogens (primary N) is 1. The highest BCUT2D eigenvalue weighted by molar-refractivity contribution is 7.88. The summed E-state index contributed by atoms with van der Waals surface area (Å²) in [5, 5.41) is 13.0. The fraction of sp³-hybridized carbons (Fsp3) is 0.350. The number of guanidine groups is 1. The molecule has 0 bridgehead atoms. The highest BCUT2D eigenvalue weighted by Gasteiger charge is 2.35. The van der Waals surface area contributed by atoms with E-state index in [0.717, 1.165) is 12.0 Å². The van der Waals surface area contributed by atoms with Crippen LogP contribution in [0.4, 0.5) is 15.1 Å². The predicted octanol–water partition coefficient (Wildman–Crippen LogP) is 0.239. The van der Waals surface area contributed by atoms with Crippen molar-refractivity contribution in [2.24, 2.45) is 10.9 Å². The first-order valence-corrected chi connectivity index (χ1v) is 12.2. The molecule has 2 aromatic rings. The van der Waals surface area contributed by atoms with E-state index in [1.165, 1.54) is 22.8 Å². The Hall–Kier alpha value is -3.85. The molecule has 2 aliphatic rings. The molecule has 2 saturated heterocycles. The van der Waals surface area contributed by atoms with Crippen LogP contribution in [-0.4, -0.2) is 79.0 Å². The summed E-state index contributed by atoms with van der Waals surface area (Å²) in [4.78, 5) is 27.3. The molecular formula is C20H23FN8O5S. The molecule has 0 aliphatic carbocycles. The molecule has 13 nitrogen and oxygen atoms in total. The lowest BCUT2D eigenvalue weighted by molar-refractivity contribution is -0.0174. The lowest BCUT2D eigenvalue weighted by Crippen LogP contribution is -2.54. The van der Waals surface area contributed by atoms with E-state index in [4.69, 9.17) is 20.7 Å². The monoisotopic (exact) mass is 506 g/mol. The van der Waals surface area contributed by atoms with Crippen molar-refractivity contribution in [3.63, 3.8) is 0 Å². The normalized spacial score (nSPS) is 16.2. The minimum absolute atomic E-state index is 0.139. The maximum atomic E-state index is 14.9. The summed E-state index contributed by atoms with van der Waals surface area (Å²) in [6.45, 7) is 1.17. The Labute approximate surface area is 200 Å². The van der Waals surface area contributed by atoms with Crippen LogP contribution < -0.4 is 16.0 Å². The maximum Gasteiger partial charge on any atom is 0.414 e. The van der Waals surface area contributed by atoms with Gasteiger partial charge in [0.05, 0.1) is 38.1 Å². The van der Waals surface area contributed by atoms with Gasteiger partial charge in [-0.15, -0.1) is 0 Å². The molecule has 0 saturated carbocycles. The molecule has 1 amide bonds. The van der Waals surface area contributed by atoms with Crippen molar-refractivity contribution in [2.75, 3.05) is 37.3 Å². The zero-order chi connectivity index (χ0) is 25.2. The quantitative estimate of drug-likeness (QED) is 0.270. The lowest BCUT2D eigenvalue weighted by Gasteiger charge is -2.36. The first kappa shape index (κ1) is 24.3. The van der Waals surface area contributed by atoms with Crippen LogP contribution in [0, 0.1) is 11.2 Å². The Balaban J connectivity index is 1.30. The number of oxime groups is 1. The lowest BCUT2D eigenvalue weighted by atomic mass is 10.1. The van der Waals surface area contributed by atoms with Crippen molar-refractivity contribution >= 4 is 33.7 Å². The van der Waals surface area contributed by atoms with Gasteiger partial charge in [-0.3, -0.25) is 10.7 Å². The fourth-order valence-corrected chi connectivity index (χ4v) is 4.18. The third-order valence-electron chi connectivity index (χ3n) is 5.27. The number of rotatable bonds is 7. The molecule has 3 heterocycles. The number of hydrogen-bond donors (Lipinski definition) is 3. The standard InChI is InChI=1S/C20H23FN8O5S/c1-35(31,32)29-9-15(10-29)34-27-14-7-28(8-14)19-24-5-13(6-25-19)16-4-2-3-12(17(16)21)11-33-20(30)26-18(22)23/h2-6,15H,7-11H2,1H3,(H4,22,23,26,30). The van der Waals surface area contributed by atoms with Crippen LogP contribution >= 0.6 is 0 Å². The number of carbonyl (C=O) groups excluding carboxylic acids is 1. The van der Waals surface area contributed by atoms with E-state index in [1.807, 2.05) is 10.2 Å². The Morgan fingerprint density at radius 3 is 2.63 bits per heavy atom. The number of aromatic nitrogens is 2. The molecule has 0 radical (unpaired) electrons. The first-order valence-electron chi connectivity index (χ1n) is 10.4. The summed E-state index contributed by atoms with van der Waals surface area (Å²) in [6, 6.07) is 4.65. The molecule has 186 valence electrons. The first-order chi connectivity index (χ1) is 16.6. The molecular weight excluding hydrogens is 483 g/mol. The predicted molar refractivity (Wildman–Crippen MR) is 124 cm³/mol. The number of nitrogens with zero attached hydrogens (tertiary/aromatic N) is 5. The summed E-state index contributed by atoms with van der Waals surface area (Å²) in [5.74, 6) is -0.713. The number of benzene rings is 1. The number of ether oxygens (including phenoxy) is 1. The zero-order valence-corrected chi connectivity index (χ0v) is 19.5. The number of alkyl carbamates (subject to hydrolysis) is 1. The largest absolute Gasteiger partial charge is 0.444 e. The number of amides is 1. The van der Waals surface area contributed by atoms with Gasteiger partial charge in [0.15, 0.2) is 12.1 Å². The van der Waals surface area contributed by atoms with Crippen molar-refractivity contribution in [1.82, 2.24) is 19.6 Å². The number of halogens is 1. The van der Waals surface area contributed by atoms with Crippen LogP contribution in [-0.2, 0) is 26.2 Å². The molecule has 4 rings (SSSR count). The van der Waals surface area contributed by atoms with Gasteiger partial charge in [0.2, 0.25) is 16.0 Å². The molecule has 0 unspecified atom stereocenters. The summed E-state index contributed by atoms with van der Waals surface area (Å²) < 4.78 is 43.8. The molecule has 2 aliphatic heterocycles. The van der Waals surface area contributed by atoms with Crippen molar-refractivity contribution < 1.29 is 27.2 Å². The number of anilines is 1. The van der Waals surface area contributed by atoms with E-state index in [-0.39, 0.29) is 23.8 Å². The summed E-state index contributed by atoms with van der Waals surface area (Å²) >= 11 is 0. The van der Waals surface area contributed by atoms with Crippen molar-refractivity contribution in [3.8, 4) is 11.1 Å². The van der Waals surface area contributed by atoms with Crippen LogP contribution in [0.2, 0.25) is 0 Å². The zero-order valence-electron chi connectivity index (χ0n) is 18.6. The van der Waals surface area contributed by atoms with Gasteiger partial charge in [0.1, 0.15) is 12.4 Å². The van der Waals surface area contributed by atoms with Crippen molar-refractivity contribution in [3.05, 3.63) is 42.0 Å². The van der Waals surface area contributed by atoms with Gasteiger partial charge in [-0.2, -0.15) is 4.31 Å². The van der Waals surface area contributed by atoms with Gasteiger partial charge >= 0.3 is 6.09 Å². The van der Waals surface area contributed by atoms with Crippen LogP contribution in [0.5, 0.6) is 0 Å². The Kier molecular flexibility index (Phi) is 6.79. The number of sulfonamides is 1. The molecule has 35 heavy (non-hydrogen) atoms. The highest BCUT2D eigenvalue weighted by atomic mass is 32.2. The van der Waals surface area contributed by atoms with E-state index in [0.29, 0.717) is 37.7 Å². The van der Waals surface area contributed by atoms with Crippen LogP contribution in [0.1, 0.15) is 5.56 Å². The van der Waals surface area contributed by atoms with Crippen LogP contribution in [0.3, 0.4) is 0 Å². The molecule has 1 aromatic carbocycles. The molecule has 0 spiro atoms. The molecule has 2 fully saturated rings. The number of carbonyl (C=O) groups is 1. The van der Waals surface area contributed by atoms with E-state index in [1.54, 1.807) is 12.1 Å². The smallest absolute Gasteiger partial charge is 0.414 e. The second-order valence-corrected chi connectivity index (χ2v) is 9.97. The average Bonchev–Trinajstić information content (AvgIpc) is 2.72. The van der Waals surface area contributed by atoms with Gasteiger partial charge in [0, 0.05) is 29.1 Å². The Morgan fingerprint density at radius 2 is 2.00 bits per heavy atom. The van der Waals surface area contributed by atoms with Crippen LogP contribution in [0.25, 0.3) is 11.1 Å². The molecule has 4 N–H and O–H groups in total. The molecule has 1 aromatic heterocycles. The highest BCUT2D eigenvalue weighted by Crippen LogP contribution is 2.26. The number of hydrogen-bond acceptors (Lipinski definition) is 10. The minimum Gasteiger partial charge on any atom is -0.444 e. The van der Waals surface area contributed by atoms with Gasteiger partial charge in [0.25, 0.3) is 0 Å². The van der Waals surface area contributed by atoms with Gasteiger partial charge in [-0.1, -0.05) is 23.4 Å². The summed E-state index contributed by atoms with van der Waals surface area (Å²) in [6.07, 6.45) is 2.94. The van der Waals surface area contributed by atoms with Crippen molar-refractivity contribution in [2.45, 2.75) is 12.7 Å². The van der Waals surface area contributed by atoms with Gasteiger partial charge < -0.3 is 20.2 Å². The van der Waals surface area contributed by atoms with Gasteiger partial charge in [-0.25, -0.2) is 27.6 Å².